The van der Waals surface area contributed by atoms with Crippen LogP contribution < -0.4 is 11.1 Å². The molecule has 0 aromatic heterocycles. The number of nitrogens with one attached hydrogen (secondary N) is 1. The lowest BCUT2D eigenvalue weighted by molar-refractivity contribution is -0.116. The molecule has 1 atom stereocenters. The molecule has 1 aromatic rings. The topological polar surface area (TPSA) is 58.4 Å². The maximum atomic E-state index is 12.0. The monoisotopic (exact) mass is 289 g/mol. The summed E-state index contributed by atoms with van der Waals surface area (Å²) < 4.78 is 0. The minimum absolute atomic E-state index is 0.0898. The van der Waals surface area contributed by atoms with Crippen LogP contribution in [-0.2, 0) is 11.3 Å². The minimum atomic E-state index is 0.0898. The highest BCUT2D eigenvalue weighted by Crippen LogP contribution is 2.16. The molecule has 0 saturated carbocycles. The zero-order chi connectivity index (χ0) is 15.1. The van der Waals surface area contributed by atoms with Crippen LogP contribution in [0, 0.1) is 0 Å². The summed E-state index contributed by atoms with van der Waals surface area (Å²) in [6.45, 7) is 4.78. The third-order valence-corrected chi connectivity index (χ3v) is 4.29. The maximum Gasteiger partial charge on any atom is 0.225 e. The molecule has 1 aromatic carbocycles. The summed E-state index contributed by atoms with van der Waals surface area (Å²) in [5.74, 6) is 0.0898. The number of rotatable bonds is 5. The summed E-state index contributed by atoms with van der Waals surface area (Å²) in [6, 6.07) is 8.33. The van der Waals surface area contributed by atoms with Crippen LogP contribution in [0.1, 0.15) is 44.6 Å². The number of anilines is 1. The van der Waals surface area contributed by atoms with Gasteiger partial charge in [0.2, 0.25) is 5.91 Å². The average molecular weight is 289 g/mol. The van der Waals surface area contributed by atoms with Crippen molar-refractivity contribution in [2.75, 3.05) is 18.4 Å². The van der Waals surface area contributed by atoms with Gasteiger partial charge < -0.3 is 16.0 Å². The predicted molar refractivity (Wildman–Crippen MR) is 87.1 cm³/mol. The summed E-state index contributed by atoms with van der Waals surface area (Å²) >= 11 is 0. The number of likely N-dealkylation sites (tertiary alicyclic amines) is 1. The fraction of sp³-hybridized carbons (Fsp3) is 0.588. The summed E-state index contributed by atoms with van der Waals surface area (Å²) in [7, 11) is 0. The lowest BCUT2D eigenvalue weighted by Gasteiger charge is -2.26. The summed E-state index contributed by atoms with van der Waals surface area (Å²) in [4.78, 5) is 14.5. The zero-order valence-corrected chi connectivity index (χ0v) is 13.0. The summed E-state index contributed by atoms with van der Waals surface area (Å²) in [6.07, 6.45) is 5.70. The van der Waals surface area contributed by atoms with Crippen LogP contribution in [0.15, 0.2) is 24.3 Å². The Hall–Kier alpha value is -1.39. The molecule has 1 heterocycles. The van der Waals surface area contributed by atoms with Crippen LogP contribution in [0.3, 0.4) is 0 Å². The third kappa shape index (κ3) is 5.14. The van der Waals surface area contributed by atoms with Crippen molar-refractivity contribution in [2.24, 2.45) is 5.73 Å². The molecular formula is C17H27N3O. The second kappa shape index (κ2) is 8.15. The van der Waals surface area contributed by atoms with Crippen molar-refractivity contribution in [3.05, 3.63) is 29.8 Å². The molecule has 21 heavy (non-hydrogen) atoms. The standard InChI is InChI=1S/C17H27N3O/c1-14-5-3-2-4-11-20(14)12-10-17(21)19-16-8-6-15(13-18)7-9-16/h6-9,14H,2-5,10-13,18H2,1H3,(H,19,21). The first-order valence-electron chi connectivity index (χ1n) is 8.02. The van der Waals surface area contributed by atoms with Gasteiger partial charge in [-0.15, -0.1) is 0 Å². The Morgan fingerprint density at radius 3 is 2.76 bits per heavy atom. The summed E-state index contributed by atoms with van der Waals surface area (Å²) in [5.41, 5.74) is 7.49. The van der Waals surface area contributed by atoms with Gasteiger partial charge in [0.25, 0.3) is 0 Å². The zero-order valence-electron chi connectivity index (χ0n) is 13.0. The molecule has 1 aliphatic heterocycles. The van der Waals surface area contributed by atoms with Gasteiger partial charge in [-0.25, -0.2) is 0 Å². The number of hydrogen-bond donors (Lipinski definition) is 2. The van der Waals surface area contributed by atoms with Gasteiger partial charge in [0.1, 0.15) is 0 Å². The number of nitrogens with zero attached hydrogens (tertiary/aromatic N) is 1. The molecule has 1 aliphatic rings. The van der Waals surface area contributed by atoms with E-state index in [1.165, 1.54) is 25.7 Å². The van der Waals surface area contributed by atoms with Crippen LogP contribution >= 0.6 is 0 Å². The molecule has 1 amide bonds. The Balaban J connectivity index is 1.78. The van der Waals surface area contributed by atoms with Crippen molar-refractivity contribution in [2.45, 2.75) is 51.6 Å². The van der Waals surface area contributed by atoms with E-state index in [1.54, 1.807) is 0 Å². The fourth-order valence-corrected chi connectivity index (χ4v) is 2.86. The molecule has 0 spiro atoms. The van der Waals surface area contributed by atoms with E-state index < -0.39 is 0 Å². The van der Waals surface area contributed by atoms with Crippen molar-refractivity contribution in [3.63, 3.8) is 0 Å². The van der Waals surface area contributed by atoms with Crippen molar-refractivity contribution >= 4 is 11.6 Å². The highest BCUT2D eigenvalue weighted by Gasteiger charge is 2.17. The maximum absolute atomic E-state index is 12.0. The van der Waals surface area contributed by atoms with Crippen LogP contribution in [0.25, 0.3) is 0 Å². The smallest absolute Gasteiger partial charge is 0.225 e. The molecule has 1 unspecified atom stereocenters. The van der Waals surface area contributed by atoms with Gasteiger partial charge in [0, 0.05) is 31.2 Å². The van der Waals surface area contributed by atoms with Crippen molar-refractivity contribution in [3.8, 4) is 0 Å². The number of benzene rings is 1. The molecule has 3 N–H and O–H groups in total. The van der Waals surface area contributed by atoms with Crippen LogP contribution in [0.2, 0.25) is 0 Å². The molecule has 0 bridgehead atoms. The number of carbonyl (C=O) groups is 1. The third-order valence-electron chi connectivity index (χ3n) is 4.29. The van der Waals surface area contributed by atoms with Gasteiger partial charge in [0.05, 0.1) is 0 Å². The Labute approximate surface area is 127 Å². The van der Waals surface area contributed by atoms with E-state index in [9.17, 15) is 4.79 Å². The lowest BCUT2D eigenvalue weighted by atomic mass is 10.1. The van der Waals surface area contributed by atoms with E-state index in [2.05, 4.69) is 17.1 Å². The van der Waals surface area contributed by atoms with E-state index >= 15 is 0 Å². The Kier molecular flexibility index (Phi) is 6.21. The molecule has 2 rings (SSSR count). The lowest BCUT2D eigenvalue weighted by Crippen LogP contribution is -2.35. The fourth-order valence-electron chi connectivity index (χ4n) is 2.86. The van der Waals surface area contributed by atoms with E-state index in [4.69, 9.17) is 5.73 Å². The SMILES string of the molecule is CC1CCCCCN1CCC(=O)Nc1ccc(CN)cc1. The first-order chi connectivity index (χ1) is 10.2. The van der Waals surface area contributed by atoms with Crippen molar-refractivity contribution < 1.29 is 4.79 Å². The number of nitrogens with two attached hydrogens (primary N) is 1. The Bertz CT molecular complexity index is 444. The second-order valence-corrected chi connectivity index (χ2v) is 5.93. The predicted octanol–water partition coefficient (Wildman–Crippen LogP) is 2.74. The summed E-state index contributed by atoms with van der Waals surface area (Å²) in [5, 5.41) is 2.96. The van der Waals surface area contributed by atoms with Gasteiger partial charge in [-0.05, 0) is 44.0 Å². The van der Waals surface area contributed by atoms with Crippen molar-refractivity contribution in [1.82, 2.24) is 4.90 Å². The first-order valence-corrected chi connectivity index (χ1v) is 8.02. The molecule has 1 fully saturated rings. The van der Waals surface area contributed by atoms with E-state index in [-0.39, 0.29) is 5.91 Å². The first kappa shape index (κ1) is 16.0. The molecule has 0 radical (unpaired) electrons. The highest BCUT2D eigenvalue weighted by atomic mass is 16.1. The van der Waals surface area contributed by atoms with E-state index in [0.29, 0.717) is 19.0 Å². The molecular weight excluding hydrogens is 262 g/mol. The van der Waals surface area contributed by atoms with Crippen LogP contribution in [-0.4, -0.2) is 29.9 Å². The molecule has 4 heteroatoms. The quantitative estimate of drug-likeness (QED) is 0.876. The van der Waals surface area contributed by atoms with Crippen molar-refractivity contribution in [1.29, 1.82) is 0 Å². The molecule has 1 saturated heterocycles. The highest BCUT2D eigenvalue weighted by molar-refractivity contribution is 5.90. The molecule has 4 nitrogen and oxygen atoms in total. The number of hydrogen-bond acceptors (Lipinski definition) is 3. The van der Waals surface area contributed by atoms with Crippen LogP contribution in [0.5, 0.6) is 0 Å². The molecule has 116 valence electrons. The largest absolute Gasteiger partial charge is 0.326 e. The van der Waals surface area contributed by atoms with E-state index in [1.807, 2.05) is 24.3 Å². The Morgan fingerprint density at radius 2 is 2.05 bits per heavy atom. The average Bonchev–Trinajstić information content (AvgIpc) is 2.70. The Morgan fingerprint density at radius 1 is 1.29 bits per heavy atom. The van der Waals surface area contributed by atoms with Gasteiger partial charge in [0.15, 0.2) is 0 Å². The van der Waals surface area contributed by atoms with Gasteiger partial charge in [-0.1, -0.05) is 25.0 Å². The number of carbonyl (C=O) groups excluding carboxylic acids is 1. The normalized spacial score (nSPS) is 20.0. The van der Waals surface area contributed by atoms with Gasteiger partial charge in [-0.3, -0.25) is 4.79 Å². The van der Waals surface area contributed by atoms with Crippen LogP contribution in [0.4, 0.5) is 5.69 Å². The van der Waals surface area contributed by atoms with Gasteiger partial charge >= 0.3 is 0 Å². The van der Waals surface area contributed by atoms with E-state index in [0.717, 1.165) is 24.3 Å². The minimum Gasteiger partial charge on any atom is -0.326 e. The van der Waals surface area contributed by atoms with Gasteiger partial charge in [-0.2, -0.15) is 0 Å². The molecule has 0 aliphatic carbocycles. The number of amides is 1. The second-order valence-electron chi connectivity index (χ2n) is 5.93.